The van der Waals surface area contributed by atoms with Gasteiger partial charge in [0.05, 0.1) is 12.3 Å². The minimum Gasteiger partial charge on any atom is -0.391 e. The van der Waals surface area contributed by atoms with E-state index in [1.54, 1.807) is 0 Å². The van der Waals surface area contributed by atoms with Crippen LogP contribution in [0.3, 0.4) is 0 Å². The minimum atomic E-state index is -0.186. The molecule has 4 nitrogen and oxygen atoms in total. The minimum absolute atomic E-state index is 0.186. The van der Waals surface area contributed by atoms with E-state index in [9.17, 15) is 5.11 Å². The first-order chi connectivity index (χ1) is 6.18. The van der Waals surface area contributed by atoms with Crippen LogP contribution in [0.1, 0.15) is 6.42 Å². The molecular weight excluding hydrogens is 281 g/mol. The lowest BCUT2D eigenvalue weighted by Crippen LogP contribution is -2.24. The molecule has 1 saturated heterocycles. The van der Waals surface area contributed by atoms with Gasteiger partial charge in [0.1, 0.15) is 3.70 Å². The number of halogens is 1. The highest BCUT2D eigenvalue weighted by molar-refractivity contribution is 14.1. The van der Waals surface area contributed by atoms with Gasteiger partial charge in [-0.05, 0) is 29.0 Å². The first kappa shape index (κ1) is 9.26. The second-order valence-electron chi connectivity index (χ2n) is 3.33. The summed E-state index contributed by atoms with van der Waals surface area (Å²) in [6.07, 6.45) is 2.51. The summed E-state index contributed by atoms with van der Waals surface area (Å²) in [5, 5.41) is 9.38. The van der Waals surface area contributed by atoms with Crippen molar-refractivity contribution < 1.29 is 5.11 Å². The van der Waals surface area contributed by atoms with Gasteiger partial charge in [0.25, 0.3) is 0 Å². The third-order valence-corrected chi connectivity index (χ3v) is 3.36. The Morgan fingerprint density at radius 1 is 1.69 bits per heavy atom. The van der Waals surface area contributed by atoms with Crippen LogP contribution < -0.4 is 4.90 Å². The van der Waals surface area contributed by atoms with E-state index in [0.29, 0.717) is 6.54 Å². The zero-order valence-corrected chi connectivity index (χ0v) is 9.60. The molecule has 0 amide bonds. The predicted octanol–water partition coefficient (Wildman–Crippen LogP) is 0.596. The molecule has 0 aliphatic carbocycles. The van der Waals surface area contributed by atoms with Crippen molar-refractivity contribution in [2.45, 2.75) is 12.5 Å². The highest BCUT2D eigenvalue weighted by Gasteiger charge is 2.23. The third kappa shape index (κ3) is 1.67. The highest BCUT2D eigenvalue weighted by Crippen LogP contribution is 2.20. The SMILES string of the molecule is Cn1c(I)cnc1N1CC[C@@H](O)C1. The lowest BCUT2D eigenvalue weighted by molar-refractivity contribution is 0.198. The first-order valence-electron chi connectivity index (χ1n) is 4.28. The molecule has 1 aromatic heterocycles. The molecule has 1 fully saturated rings. The maximum atomic E-state index is 9.38. The number of anilines is 1. The molecule has 1 aliphatic rings. The van der Waals surface area contributed by atoms with E-state index in [0.717, 1.165) is 22.6 Å². The zero-order valence-electron chi connectivity index (χ0n) is 7.44. The van der Waals surface area contributed by atoms with Crippen molar-refractivity contribution in [3.8, 4) is 0 Å². The van der Waals surface area contributed by atoms with E-state index in [4.69, 9.17) is 0 Å². The number of hydrogen-bond acceptors (Lipinski definition) is 3. The van der Waals surface area contributed by atoms with Crippen LogP contribution in [-0.2, 0) is 7.05 Å². The van der Waals surface area contributed by atoms with Crippen molar-refractivity contribution in [1.29, 1.82) is 0 Å². The fourth-order valence-corrected chi connectivity index (χ4v) is 1.95. The number of aliphatic hydroxyl groups excluding tert-OH is 1. The van der Waals surface area contributed by atoms with Crippen molar-refractivity contribution in [1.82, 2.24) is 9.55 Å². The van der Waals surface area contributed by atoms with E-state index in [-0.39, 0.29) is 6.10 Å². The average Bonchev–Trinajstić information content (AvgIpc) is 2.62. The van der Waals surface area contributed by atoms with Gasteiger partial charge < -0.3 is 14.6 Å². The van der Waals surface area contributed by atoms with Gasteiger partial charge >= 0.3 is 0 Å². The lowest BCUT2D eigenvalue weighted by atomic mass is 10.3. The van der Waals surface area contributed by atoms with E-state index in [1.165, 1.54) is 0 Å². The number of rotatable bonds is 1. The molecule has 2 rings (SSSR count). The Labute approximate surface area is 90.7 Å². The number of β-amino-alcohol motifs (C(OH)–C–C–N with tert-alkyl or cyclic N) is 1. The first-order valence-corrected chi connectivity index (χ1v) is 5.36. The number of aliphatic hydroxyl groups is 1. The largest absolute Gasteiger partial charge is 0.391 e. The molecule has 0 aromatic carbocycles. The summed E-state index contributed by atoms with van der Waals surface area (Å²) >= 11 is 2.25. The second-order valence-corrected chi connectivity index (χ2v) is 4.43. The van der Waals surface area contributed by atoms with Gasteiger partial charge in [0, 0.05) is 20.1 Å². The van der Waals surface area contributed by atoms with Gasteiger partial charge in [-0.3, -0.25) is 0 Å². The molecule has 0 saturated carbocycles. The van der Waals surface area contributed by atoms with Gasteiger partial charge in [0.15, 0.2) is 0 Å². The topological polar surface area (TPSA) is 41.3 Å². The van der Waals surface area contributed by atoms with Crippen LogP contribution in [0.25, 0.3) is 0 Å². The summed E-state index contributed by atoms with van der Waals surface area (Å²) in [4.78, 5) is 6.42. The zero-order chi connectivity index (χ0) is 9.42. The second kappa shape index (κ2) is 3.45. The molecule has 2 heterocycles. The Morgan fingerprint density at radius 3 is 2.92 bits per heavy atom. The summed E-state index contributed by atoms with van der Waals surface area (Å²) in [5.74, 6) is 0.959. The molecular formula is C8H12IN3O. The van der Waals surface area contributed by atoms with Gasteiger partial charge in [-0.25, -0.2) is 4.98 Å². The average molecular weight is 293 g/mol. The van der Waals surface area contributed by atoms with Crippen LogP contribution in [0.4, 0.5) is 5.95 Å². The number of hydrogen-bond donors (Lipinski definition) is 1. The summed E-state index contributed by atoms with van der Waals surface area (Å²) in [7, 11) is 1.99. The van der Waals surface area contributed by atoms with Crippen LogP contribution in [0.2, 0.25) is 0 Å². The molecule has 1 N–H and O–H groups in total. The Balaban J connectivity index is 2.21. The summed E-state index contributed by atoms with van der Waals surface area (Å²) in [6.45, 7) is 1.61. The maximum absolute atomic E-state index is 9.38. The summed E-state index contributed by atoms with van der Waals surface area (Å²) in [6, 6.07) is 0. The van der Waals surface area contributed by atoms with Gasteiger partial charge in [-0.15, -0.1) is 0 Å². The predicted molar refractivity (Wildman–Crippen MR) is 58.8 cm³/mol. The van der Waals surface area contributed by atoms with Crippen molar-refractivity contribution in [3.05, 3.63) is 9.90 Å². The normalized spacial score (nSPS) is 22.7. The van der Waals surface area contributed by atoms with Crippen LogP contribution in [0, 0.1) is 3.70 Å². The van der Waals surface area contributed by atoms with Crippen molar-refractivity contribution >= 4 is 28.5 Å². The number of aromatic nitrogens is 2. The van der Waals surface area contributed by atoms with Crippen molar-refractivity contribution in [3.63, 3.8) is 0 Å². The van der Waals surface area contributed by atoms with Crippen molar-refractivity contribution in [2.75, 3.05) is 18.0 Å². The Kier molecular flexibility index (Phi) is 2.46. The highest BCUT2D eigenvalue weighted by atomic mass is 127. The molecule has 0 unspecified atom stereocenters. The summed E-state index contributed by atoms with van der Waals surface area (Å²) in [5.41, 5.74) is 0. The summed E-state index contributed by atoms with van der Waals surface area (Å²) < 4.78 is 3.16. The Morgan fingerprint density at radius 2 is 2.46 bits per heavy atom. The molecule has 72 valence electrons. The van der Waals surface area contributed by atoms with Gasteiger partial charge in [-0.1, -0.05) is 0 Å². The van der Waals surface area contributed by atoms with Crippen LogP contribution in [0.15, 0.2) is 6.20 Å². The van der Waals surface area contributed by atoms with E-state index >= 15 is 0 Å². The molecule has 13 heavy (non-hydrogen) atoms. The molecule has 1 aliphatic heterocycles. The number of imidazole rings is 1. The van der Waals surface area contributed by atoms with Gasteiger partial charge in [-0.2, -0.15) is 0 Å². The monoisotopic (exact) mass is 293 g/mol. The molecule has 0 bridgehead atoms. The number of nitrogens with zero attached hydrogens (tertiary/aromatic N) is 3. The van der Waals surface area contributed by atoms with E-state index < -0.39 is 0 Å². The van der Waals surface area contributed by atoms with Crippen LogP contribution in [0.5, 0.6) is 0 Å². The quantitative estimate of drug-likeness (QED) is 0.771. The van der Waals surface area contributed by atoms with Crippen LogP contribution in [-0.4, -0.2) is 33.9 Å². The third-order valence-electron chi connectivity index (χ3n) is 2.35. The molecule has 1 atom stereocenters. The molecule has 0 radical (unpaired) electrons. The fourth-order valence-electron chi connectivity index (χ4n) is 1.60. The maximum Gasteiger partial charge on any atom is 0.206 e. The van der Waals surface area contributed by atoms with E-state index in [2.05, 4.69) is 32.5 Å². The smallest absolute Gasteiger partial charge is 0.206 e. The van der Waals surface area contributed by atoms with Crippen molar-refractivity contribution in [2.24, 2.45) is 7.05 Å². The lowest BCUT2D eigenvalue weighted by Gasteiger charge is -2.16. The fraction of sp³-hybridized carbons (Fsp3) is 0.625. The molecule has 1 aromatic rings. The molecule has 0 spiro atoms. The standard InChI is InChI=1S/C8H12IN3O/c1-11-7(9)4-10-8(11)12-3-2-6(13)5-12/h4,6,13H,2-3,5H2,1H3/t6-/m1/s1. The van der Waals surface area contributed by atoms with Gasteiger partial charge in [0.2, 0.25) is 5.95 Å². The van der Waals surface area contributed by atoms with E-state index in [1.807, 2.05) is 17.8 Å². The van der Waals surface area contributed by atoms with Crippen LogP contribution >= 0.6 is 22.6 Å². The molecule has 5 heteroatoms. The Hall–Kier alpha value is -0.300. The Bertz CT molecular complexity index is 312.